The first-order chi connectivity index (χ1) is 9.81. The molecule has 1 aliphatic carbocycles. The maximum absolute atomic E-state index is 13.9. The van der Waals surface area contributed by atoms with Gasteiger partial charge in [0.1, 0.15) is 5.82 Å². The number of hydrogen-bond donors (Lipinski definition) is 0. The molecule has 1 aliphatic heterocycles. The highest BCUT2D eigenvalue weighted by Gasteiger charge is 2.24. The van der Waals surface area contributed by atoms with Crippen molar-refractivity contribution in [2.45, 2.75) is 38.6 Å². The lowest BCUT2D eigenvalue weighted by atomic mass is 10.1. The average molecular weight is 272 g/mol. The molecule has 1 saturated heterocycles. The van der Waals surface area contributed by atoms with Gasteiger partial charge >= 0.3 is 0 Å². The van der Waals surface area contributed by atoms with Gasteiger partial charge in [0.05, 0.1) is 11.2 Å². The molecule has 0 atom stereocenters. The average Bonchev–Trinajstić information content (AvgIpc) is 3.20. The van der Waals surface area contributed by atoms with Gasteiger partial charge in [0.25, 0.3) is 0 Å². The second-order valence-corrected chi connectivity index (χ2v) is 6.32. The minimum atomic E-state index is -0.109. The van der Waals surface area contributed by atoms with E-state index >= 15 is 0 Å². The largest absolute Gasteiger partial charge is 0.370 e. The van der Waals surface area contributed by atoms with Crippen LogP contribution in [0.25, 0.3) is 10.9 Å². The van der Waals surface area contributed by atoms with Gasteiger partial charge in [0.15, 0.2) is 0 Å². The van der Waals surface area contributed by atoms with E-state index in [1.54, 1.807) is 12.1 Å². The summed E-state index contributed by atoms with van der Waals surface area (Å²) in [6.45, 7) is 3.22. The van der Waals surface area contributed by atoms with Crippen molar-refractivity contribution in [1.29, 1.82) is 0 Å². The lowest BCUT2D eigenvalue weighted by molar-refractivity contribution is 0.573. The Hall–Kier alpha value is -1.51. The van der Waals surface area contributed by atoms with Gasteiger partial charge in [-0.05, 0) is 56.2 Å². The molecule has 0 amide bonds. The van der Waals surface area contributed by atoms with Gasteiger partial charge in [-0.2, -0.15) is 0 Å². The molecule has 0 spiro atoms. The highest BCUT2D eigenvalue weighted by Crippen LogP contribution is 2.35. The predicted octanol–water partition coefficient (Wildman–Crippen LogP) is 4.18. The molecule has 0 radical (unpaired) electrons. The Labute approximate surface area is 119 Å². The van der Waals surface area contributed by atoms with Crippen molar-refractivity contribution in [2.24, 2.45) is 5.92 Å². The van der Waals surface area contributed by atoms with Crippen LogP contribution in [0.1, 0.15) is 32.1 Å². The minimum absolute atomic E-state index is 0.109. The Bertz CT molecular complexity index is 621. The second-order valence-electron chi connectivity index (χ2n) is 6.32. The third-order valence-electron chi connectivity index (χ3n) is 4.65. The number of hydrogen-bond acceptors (Lipinski definition) is 1. The lowest BCUT2D eigenvalue weighted by Gasteiger charge is -2.30. The number of halogens is 1. The molecular weight excluding hydrogens is 251 g/mol. The van der Waals surface area contributed by atoms with Gasteiger partial charge < -0.3 is 9.47 Å². The van der Waals surface area contributed by atoms with Crippen molar-refractivity contribution in [3.8, 4) is 0 Å². The summed E-state index contributed by atoms with van der Waals surface area (Å²) in [5.41, 5.74) is 2.34. The van der Waals surface area contributed by atoms with Gasteiger partial charge in [0, 0.05) is 31.2 Å². The molecule has 4 rings (SSSR count). The smallest absolute Gasteiger partial charge is 0.126 e. The molecule has 2 aliphatic rings. The molecule has 1 aromatic heterocycles. The molecule has 1 aromatic carbocycles. The molecule has 0 unspecified atom stereocenters. The summed E-state index contributed by atoms with van der Waals surface area (Å²) in [5, 5.41) is 1.05. The van der Waals surface area contributed by atoms with E-state index in [1.165, 1.54) is 37.6 Å². The summed E-state index contributed by atoms with van der Waals surface area (Å²) >= 11 is 0. The van der Waals surface area contributed by atoms with Crippen LogP contribution >= 0.6 is 0 Å². The van der Waals surface area contributed by atoms with E-state index in [1.807, 2.05) is 0 Å². The van der Waals surface area contributed by atoms with Crippen molar-refractivity contribution in [3.63, 3.8) is 0 Å². The maximum Gasteiger partial charge on any atom is 0.126 e. The van der Waals surface area contributed by atoms with Crippen molar-refractivity contribution in [3.05, 3.63) is 30.2 Å². The monoisotopic (exact) mass is 272 g/mol. The zero-order valence-electron chi connectivity index (χ0n) is 11.8. The zero-order valence-corrected chi connectivity index (χ0v) is 11.8. The van der Waals surface area contributed by atoms with Crippen LogP contribution in [0.5, 0.6) is 0 Å². The van der Waals surface area contributed by atoms with Crippen LogP contribution < -0.4 is 4.90 Å². The number of piperidine rings is 1. The number of rotatable bonds is 3. The van der Waals surface area contributed by atoms with Gasteiger partial charge in [-0.15, -0.1) is 0 Å². The SMILES string of the molecule is Fc1cc(N2CCCCC2)c2c(ccn2CC2CC2)c1. The molecule has 2 nitrogen and oxygen atoms in total. The minimum Gasteiger partial charge on any atom is -0.370 e. The fourth-order valence-electron chi connectivity index (χ4n) is 3.40. The fourth-order valence-corrected chi connectivity index (χ4v) is 3.40. The molecule has 106 valence electrons. The molecule has 2 heterocycles. The summed E-state index contributed by atoms with van der Waals surface area (Å²) < 4.78 is 16.2. The molecular formula is C17H21FN2. The molecule has 2 fully saturated rings. The Morgan fingerprint density at radius 2 is 1.90 bits per heavy atom. The van der Waals surface area contributed by atoms with E-state index in [-0.39, 0.29) is 5.82 Å². The Kier molecular flexibility index (Phi) is 2.94. The van der Waals surface area contributed by atoms with E-state index in [2.05, 4.69) is 21.7 Å². The topological polar surface area (TPSA) is 8.17 Å². The summed E-state index contributed by atoms with van der Waals surface area (Å²) in [4.78, 5) is 2.37. The fraction of sp³-hybridized carbons (Fsp3) is 0.529. The number of fused-ring (bicyclic) bond motifs is 1. The highest BCUT2D eigenvalue weighted by molar-refractivity contribution is 5.92. The predicted molar refractivity (Wildman–Crippen MR) is 80.7 cm³/mol. The third kappa shape index (κ3) is 2.19. The highest BCUT2D eigenvalue weighted by atomic mass is 19.1. The molecule has 3 heteroatoms. The van der Waals surface area contributed by atoms with Crippen molar-refractivity contribution >= 4 is 16.6 Å². The van der Waals surface area contributed by atoms with E-state index < -0.39 is 0 Å². The Morgan fingerprint density at radius 3 is 2.65 bits per heavy atom. The van der Waals surface area contributed by atoms with Crippen LogP contribution in [-0.4, -0.2) is 17.7 Å². The van der Waals surface area contributed by atoms with Crippen molar-refractivity contribution in [2.75, 3.05) is 18.0 Å². The second kappa shape index (κ2) is 4.80. The van der Waals surface area contributed by atoms with Crippen molar-refractivity contribution < 1.29 is 4.39 Å². The summed E-state index contributed by atoms with van der Waals surface area (Å²) in [7, 11) is 0. The van der Waals surface area contributed by atoms with Gasteiger partial charge in [-0.1, -0.05) is 0 Å². The van der Waals surface area contributed by atoms with Crippen molar-refractivity contribution in [1.82, 2.24) is 4.57 Å². The molecule has 0 N–H and O–H groups in total. The number of nitrogens with zero attached hydrogens (tertiary/aromatic N) is 2. The van der Waals surface area contributed by atoms with Crippen LogP contribution in [0, 0.1) is 11.7 Å². The summed E-state index contributed by atoms with van der Waals surface area (Å²) in [6, 6.07) is 5.47. The van der Waals surface area contributed by atoms with Crippen LogP contribution in [-0.2, 0) is 6.54 Å². The third-order valence-corrected chi connectivity index (χ3v) is 4.65. The van der Waals surface area contributed by atoms with E-state index in [0.717, 1.165) is 36.6 Å². The van der Waals surface area contributed by atoms with E-state index in [0.29, 0.717) is 0 Å². The molecule has 20 heavy (non-hydrogen) atoms. The van der Waals surface area contributed by atoms with Crippen LogP contribution in [0.2, 0.25) is 0 Å². The van der Waals surface area contributed by atoms with Gasteiger partial charge in [0.2, 0.25) is 0 Å². The first-order valence-corrected chi connectivity index (χ1v) is 7.84. The normalized spacial score (nSPS) is 19.8. The molecule has 2 aromatic rings. The summed E-state index contributed by atoms with van der Waals surface area (Å²) in [6.07, 6.45) is 8.58. The quantitative estimate of drug-likeness (QED) is 0.813. The molecule has 1 saturated carbocycles. The Balaban J connectivity index is 1.80. The molecule has 0 bridgehead atoms. The van der Waals surface area contributed by atoms with E-state index in [4.69, 9.17) is 0 Å². The zero-order chi connectivity index (χ0) is 13.5. The van der Waals surface area contributed by atoms with Crippen LogP contribution in [0.4, 0.5) is 10.1 Å². The Morgan fingerprint density at radius 1 is 1.10 bits per heavy atom. The number of aromatic nitrogens is 1. The number of benzene rings is 1. The standard InChI is InChI=1S/C17H21FN2/c18-15-10-14-6-9-20(12-13-4-5-13)17(14)16(11-15)19-7-2-1-3-8-19/h6,9-11,13H,1-5,7-8,12H2. The first kappa shape index (κ1) is 12.2. The van der Waals surface area contributed by atoms with Crippen LogP contribution in [0.3, 0.4) is 0 Å². The first-order valence-electron chi connectivity index (χ1n) is 7.84. The lowest BCUT2D eigenvalue weighted by Crippen LogP contribution is -2.30. The maximum atomic E-state index is 13.9. The van der Waals surface area contributed by atoms with Gasteiger partial charge in [-0.3, -0.25) is 0 Å². The van der Waals surface area contributed by atoms with Gasteiger partial charge in [-0.25, -0.2) is 4.39 Å². The number of anilines is 1. The summed E-state index contributed by atoms with van der Waals surface area (Å²) in [5.74, 6) is 0.729. The van der Waals surface area contributed by atoms with E-state index in [9.17, 15) is 4.39 Å². The van der Waals surface area contributed by atoms with Crippen LogP contribution in [0.15, 0.2) is 24.4 Å².